The van der Waals surface area contributed by atoms with E-state index >= 15 is 0 Å². The molecule has 3 rings (SSSR count). The summed E-state index contributed by atoms with van der Waals surface area (Å²) >= 11 is 0. The molecule has 28 heavy (non-hydrogen) atoms. The van der Waals surface area contributed by atoms with Gasteiger partial charge in [-0.25, -0.2) is 14.6 Å². The smallest absolute Gasteiger partial charge is 0.366 e. The van der Waals surface area contributed by atoms with E-state index in [1.54, 1.807) is 0 Å². The molecule has 2 heterocycles. The van der Waals surface area contributed by atoms with Gasteiger partial charge in [-0.3, -0.25) is 4.79 Å². The van der Waals surface area contributed by atoms with E-state index in [4.69, 9.17) is 5.73 Å². The maximum Gasteiger partial charge on any atom is 0.416 e. The van der Waals surface area contributed by atoms with Gasteiger partial charge in [-0.15, -0.1) is 5.10 Å². The molecule has 0 saturated heterocycles. The molecule has 0 fully saturated rings. The summed E-state index contributed by atoms with van der Waals surface area (Å²) in [5, 5.41) is 4.06. The number of halogens is 4. The van der Waals surface area contributed by atoms with Crippen molar-refractivity contribution in [2.45, 2.75) is 13.1 Å². The van der Waals surface area contributed by atoms with E-state index in [0.717, 1.165) is 22.9 Å². The van der Waals surface area contributed by atoms with Crippen molar-refractivity contribution in [1.82, 2.24) is 19.7 Å². The first-order valence-corrected chi connectivity index (χ1v) is 7.87. The van der Waals surface area contributed by atoms with Gasteiger partial charge in [-0.1, -0.05) is 0 Å². The number of rotatable bonds is 4. The predicted molar refractivity (Wildman–Crippen MR) is 92.8 cm³/mol. The predicted octanol–water partition coefficient (Wildman–Crippen LogP) is 3.29. The fourth-order valence-corrected chi connectivity index (χ4v) is 2.53. The second kappa shape index (κ2) is 7.22. The molecule has 0 aliphatic rings. The summed E-state index contributed by atoms with van der Waals surface area (Å²) in [6, 6.07) is 5.86. The van der Waals surface area contributed by atoms with Gasteiger partial charge < -0.3 is 5.73 Å². The molecule has 3 aromatic rings. The SMILES string of the molecule is Cc1cc(-c2ncn(/C=C(/C(N)=O)c3ccnc(F)c3)n2)cc(C(F)(F)F)c1. The van der Waals surface area contributed by atoms with Crippen molar-refractivity contribution in [2.24, 2.45) is 5.73 Å². The van der Waals surface area contributed by atoms with Crippen LogP contribution >= 0.6 is 0 Å². The van der Waals surface area contributed by atoms with Crippen LogP contribution in [0, 0.1) is 12.9 Å². The van der Waals surface area contributed by atoms with Gasteiger partial charge in [0.1, 0.15) is 6.33 Å². The number of hydrogen-bond donors (Lipinski definition) is 1. The van der Waals surface area contributed by atoms with Crippen LogP contribution in [0.2, 0.25) is 0 Å². The summed E-state index contributed by atoms with van der Waals surface area (Å²) in [5.41, 5.74) is 5.17. The largest absolute Gasteiger partial charge is 0.416 e. The third kappa shape index (κ3) is 4.22. The summed E-state index contributed by atoms with van der Waals surface area (Å²) in [6.45, 7) is 1.53. The van der Waals surface area contributed by atoms with Crippen LogP contribution in [-0.4, -0.2) is 25.7 Å². The number of pyridine rings is 1. The minimum atomic E-state index is -4.51. The van der Waals surface area contributed by atoms with Crippen LogP contribution in [0.1, 0.15) is 16.7 Å². The van der Waals surface area contributed by atoms with Crippen LogP contribution in [0.5, 0.6) is 0 Å². The highest BCUT2D eigenvalue weighted by Gasteiger charge is 2.31. The van der Waals surface area contributed by atoms with Gasteiger partial charge in [-0.05, 0) is 42.3 Å². The molecule has 10 heteroatoms. The molecule has 0 saturated carbocycles. The Morgan fingerprint density at radius 3 is 2.57 bits per heavy atom. The molecule has 0 atom stereocenters. The number of hydrogen-bond acceptors (Lipinski definition) is 4. The summed E-state index contributed by atoms with van der Waals surface area (Å²) in [5.74, 6) is -1.63. The third-order valence-corrected chi connectivity index (χ3v) is 3.74. The van der Waals surface area contributed by atoms with Crippen molar-refractivity contribution in [1.29, 1.82) is 0 Å². The number of benzene rings is 1. The van der Waals surface area contributed by atoms with E-state index in [0.29, 0.717) is 5.56 Å². The Bertz CT molecular complexity index is 1070. The van der Waals surface area contributed by atoms with Crippen molar-refractivity contribution in [3.8, 4) is 11.4 Å². The normalized spacial score (nSPS) is 12.2. The summed E-state index contributed by atoms with van der Waals surface area (Å²) in [7, 11) is 0. The van der Waals surface area contributed by atoms with Gasteiger partial charge in [0.25, 0.3) is 5.91 Å². The average molecular weight is 391 g/mol. The molecule has 144 valence electrons. The Hall–Kier alpha value is -3.56. The zero-order chi connectivity index (χ0) is 20.5. The molecule has 0 unspecified atom stereocenters. The number of carbonyl (C=O) groups excluding carboxylic acids is 1. The second-order valence-corrected chi connectivity index (χ2v) is 5.91. The molecule has 2 aromatic heterocycles. The third-order valence-electron chi connectivity index (χ3n) is 3.74. The standard InChI is InChI=1S/C18H13F4N5O/c1-10-4-12(6-13(5-10)18(20,21)22)17-25-9-27(26-17)8-14(16(23)28)11-2-3-24-15(19)7-11/h2-9H,1H3,(H2,23,28)/b14-8+. The molecule has 6 nitrogen and oxygen atoms in total. The number of nitrogens with zero attached hydrogens (tertiary/aromatic N) is 4. The first kappa shape index (κ1) is 19.2. The summed E-state index contributed by atoms with van der Waals surface area (Å²) in [6.07, 6.45) is -0.938. The van der Waals surface area contributed by atoms with Crippen molar-refractivity contribution in [3.05, 3.63) is 65.5 Å². The number of carbonyl (C=O) groups is 1. The molecule has 0 radical (unpaired) electrons. The molecule has 0 bridgehead atoms. The van der Waals surface area contributed by atoms with E-state index in [9.17, 15) is 22.4 Å². The molecule has 0 aliphatic heterocycles. The van der Waals surface area contributed by atoms with Crippen LogP contribution in [0.3, 0.4) is 0 Å². The topological polar surface area (TPSA) is 86.7 Å². The van der Waals surface area contributed by atoms with Gasteiger partial charge in [-0.2, -0.15) is 17.6 Å². The number of aryl methyl sites for hydroxylation is 1. The molecular formula is C18H13F4N5O. The Morgan fingerprint density at radius 2 is 1.93 bits per heavy atom. The van der Waals surface area contributed by atoms with E-state index < -0.39 is 23.6 Å². The number of aromatic nitrogens is 4. The highest BCUT2D eigenvalue weighted by molar-refractivity contribution is 6.22. The van der Waals surface area contributed by atoms with Crippen LogP contribution < -0.4 is 5.73 Å². The number of nitrogens with two attached hydrogens (primary N) is 1. The van der Waals surface area contributed by atoms with Crippen molar-refractivity contribution in [3.63, 3.8) is 0 Å². The molecule has 1 aromatic carbocycles. The van der Waals surface area contributed by atoms with Gasteiger partial charge in [0.2, 0.25) is 5.95 Å². The Morgan fingerprint density at radius 1 is 1.18 bits per heavy atom. The highest BCUT2D eigenvalue weighted by Crippen LogP contribution is 2.32. The van der Waals surface area contributed by atoms with Gasteiger partial charge >= 0.3 is 6.18 Å². The minimum Gasteiger partial charge on any atom is -0.366 e. The number of amides is 1. The van der Waals surface area contributed by atoms with Crippen LogP contribution in [0.25, 0.3) is 23.2 Å². The van der Waals surface area contributed by atoms with Gasteiger partial charge in [0, 0.05) is 24.0 Å². The molecule has 1 amide bonds. The highest BCUT2D eigenvalue weighted by atomic mass is 19.4. The van der Waals surface area contributed by atoms with Gasteiger partial charge in [0.05, 0.1) is 11.1 Å². The average Bonchev–Trinajstić information content (AvgIpc) is 3.07. The second-order valence-electron chi connectivity index (χ2n) is 5.91. The maximum absolute atomic E-state index is 13.3. The van der Waals surface area contributed by atoms with Gasteiger partial charge in [0.15, 0.2) is 5.82 Å². The van der Waals surface area contributed by atoms with E-state index in [1.807, 2.05) is 0 Å². The first-order chi connectivity index (χ1) is 13.1. The lowest BCUT2D eigenvalue weighted by atomic mass is 10.1. The lowest BCUT2D eigenvalue weighted by molar-refractivity contribution is -0.137. The van der Waals surface area contributed by atoms with E-state index in [1.165, 1.54) is 37.8 Å². The Balaban J connectivity index is 2.01. The van der Waals surface area contributed by atoms with Crippen LogP contribution in [0.15, 0.2) is 42.9 Å². The fraction of sp³-hybridized carbons (Fsp3) is 0.111. The Labute approximate surface area is 156 Å². The quantitative estimate of drug-likeness (QED) is 0.420. The van der Waals surface area contributed by atoms with Crippen molar-refractivity contribution >= 4 is 17.7 Å². The lowest BCUT2D eigenvalue weighted by Gasteiger charge is -2.09. The fourth-order valence-electron chi connectivity index (χ4n) is 2.53. The summed E-state index contributed by atoms with van der Waals surface area (Å²) < 4.78 is 53.4. The molecule has 2 N–H and O–H groups in total. The zero-order valence-corrected chi connectivity index (χ0v) is 14.4. The summed E-state index contributed by atoms with van der Waals surface area (Å²) in [4.78, 5) is 19.1. The van der Waals surface area contributed by atoms with E-state index in [-0.39, 0.29) is 22.5 Å². The zero-order valence-electron chi connectivity index (χ0n) is 14.4. The number of alkyl halides is 3. The molecule has 0 aliphatic carbocycles. The monoisotopic (exact) mass is 391 g/mol. The van der Waals surface area contributed by atoms with Crippen molar-refractivity contribution in [2.75, 3.05) is 0 Å². The number of primary amides is 1. The molecule has 0 spiro atoms. The van der Waals surface area contributed by atoms with Crippen molar-refractivity contribution < 1.29 is 22.4 Å². The Kier molecular flexibility index (Phi) is 4.95. The maximum atomic E-state index is 13.3. The lowest BCUT2D eigenvalue weighted by Crippen LogP contribution is -2.14. The van der Waals surface area contributed by atoms with Crippen LogP contribution in [-0.2, 0) is 11.0 Å². The molecular weight excluding hydrogens is 378 g/mol. The minimum absolute atomic E-state index is 0.0233. The first-order valence-electron chi connectivity index (χ1n) is 7.87. The van der Waals surface area contributed by atoms with Crippen LogP contribution in [0.4, 0.5) is 17.6 Å². The van der Waals surface area contributed by atoms with E-state index in [2.05, 4.69) is 15.1 Å².